The average Bonchev–Trinajstić information content (AvgIpc) is 2.18. The van der Waals surface area contributed by atoms with E-state index in [-0.39, 0.29) is 11.9 Å². The van der Waals surface area contributed by atoms with Gasteiger partial charge in [0, 0.05) is 17.9 Å². The van der Waals surface area contributed by atoms with Crippen LogP contribution < -0.4 is 4.74 Å². The van der Waals surface area contributed by atoms with Crippen molar-refractivity contribution in [3.63, 3.8) is 0 Å². The minimum absolute atomic E-state index is 0.0726. The summed E-state index contributed by atoms with van der Waals surface area (Å²) in [5.41, 5.74) is 1.08. The molecule has 1 aromatic rings. The van der Waals surface area contributed by atoms with Crippen LogP contribution in [0.15, 0.2) is 18.2 Å². The Morgan fingerprint density at radius 2 is 2.20 bits per heavy atom. The monoisotopic (exact) mass is 224 g/mol. The Hall–Kier alpha value is -1.02. The van der Waals surface area contributed by atoms with Gasteiger partial charge in [-0.3, -0.25) is 4.79 Å². The van der Waals surface area contributed by atoms with Crippen LogP contribution in [0.25, 0.3) is 0 Å². The highest BCUT2D eigenvalue weighted by Crippen LogP contribution is 2.26. The van der Waals surface area contributed by atoms with Gasteiger partial charge in [0.05, 0.1) is 0 Å². The molecule has 0 bridgehead atoms. The Bertz CT molecular complexity index is 379. The number of ketones is 1. The predicted octanol–water partition coefficient (Wildman–Crippen LogP) is 3.01. The largest absolute Gasteiger partial charge is 0.490 e. The second-order valence-corrected chi connectivity index (χ2v) is 4.20. The van der Waals surface area contributed by atoms with Gasteiger partial charge in [-0.1, -0.05) is 18.5 Å². The van der Waals surface area contributed by atoms with Crippen LogP contribution in [0.4, 0.5) is 0 Å². The Morgan fingerprint density at radius 3 is 2.80 bits per heavy atom. The van der Waals surface area contributed by atoms with E-state index >= 15 is 0 Å². The van der Waals surface area contributed by atoms with E-state index in [0.29, 0.717) is 12.8 Å². The molecule has 0 aliphatic heterocycles. The zero-order chi connectivity index (χ0) is 10.8. The van der Waals surface area contributed by atoms with Crippen LogP contribution in [0.3, 0.4) is 0 Å². The minimum Gasteiger partial charge on any atom is -0.490 e. The number of carbonyl (C=O) groups excluding carboxylic acids is 1. The van der Waals surface area contributed by atoms with E-state index in [4.69, 9.17) is 16.3 Å². The highest BCUT2D eigenvalue weighted by Gasteiger charge is 2.28. The Morgan fingerprint density at radius 1 is 1.47 bits per heavy atom. The number of hydrogen-bond donors (Lipinski definition) is 0. The van der Waals surface area contributed by atoms with Crippen molar-refractivity contribution in [3.8, 4) is 5.75 Å². The first kappa shape index (κ1) is 10.5. The summed E-state index contributed by atoms with van der Waals surface area (Å²) < 4.78 is 5.64. The van der Waals surface area contributed by atoms with E-state index < -0.39 is 0 Å². The molecule has 15 heavy (non-hydrogen) atoms. The lowest BCUT2D eigenvalue weighted by atomic mass is 9.94. The van der Waals surface area contributed by atoms with Crippen molar-refractivity contribution in [2.24, 2.45) is 0 Å². The van der Waals surface area contributed by atoms with Crippen LogP contribution in [-0.4, -0.2) is 11.9 Å². The van der Waals surface area contributed by atoms with Crippen LogP contribution in [0.2, 0.25) is 5.02 Å². The summed E-state index contributed by atoms with van der Waals surface area (Å²) >= 11 is 5.99. The minimum atomic E-state index is 0.0726. The fraction of sp³-hybridized carbons (Fsp3) is 0.417. The number of carbonyl (C=O) groups is 1. The van der Waals surface area contributed by atoms with E-state index in [1.54, 1.807) is 0 Å². The normalized spacial score (nSPS) is 16.3. The van der Waals surface area contributed by atoms with Crippen molar-refractivity contribution >= 4 is 17.4 Å². The number of benzene rings is 1. The molecule has 3 heteroatoms. The van der Waals surface area contributed by atoms with Crippen LogP contribution in [0.5, 0.6) is 5.75 Å². The van der Waals surface area contributed by atoms with Crippen molar-refractivity contribution < 1.29 is 9.53 Å². The van der Waals surface area contributed by atoms with Gasteiger partial charge in [-0.2, -0.15) is 0 Å². The fourth-order valence-electron chi connectivity index (χ4n) is 1.62. The SMILES string of the molecule is CCc1cc(OC2CC(=O)C2)ccc1Cl. The maximum absolute atomic E-state index is 10.8. The summed E-state index contributed by atoms with van der Waals surface area (Å²) in [5.74, 6) is 1.10. The third-order valence-corrected chi connectivity index (χ3v) is 2.98. The van der Waals surface area contributed by atoms with Gasteiger partial charge in [0.1, 0.15) is 17.6 Å². The number of ether oxygens (including phenoxy) is 1. The Kier molecular flexibility index (Phi) is 2.96. The number of Topliss-reactive ketones (excluding diaryl/α,β-unsaturated/α-hetero) is 1. The maximum Gasteiger partial charge on any atom is 0.140 e. The van der Waals surface area contributed by atoms with Crippen molar-refractivity contribution in [3.05, 3.63) is 28.8 Å². The van der Waals surface area contributed by atoms with Crippen molar-refractivity contribution in [1.29, 1.82) is 0 Å². The molecule has 2 nitrogen and oxygen atoms in total. The lowest BCUT2D eigenvalue weighted by Gasteiger charge is -2.25. The van der Waals surface area contributed by atoms with E-state index in [1.807, 2.05) is 18.2 Å². The highest BCUT2D eigenvalue weighted by atomic mass is 35.5. The van der Waals surface area contributed by atoms with Crippen molar-refractivity contribution in [1.82, 2.24) is 0 Å². The molecule has 1 aliphatic carbocycles. The summed E-state index contributed by atoms with van der Waals surface area (Å²) in [7, 11) is 0. The van der Waals surface area contributed by atoms with Gasteiger partial charge in [0.25, 0.3) is 0 Å². The zero-order valence-electron chi connectivity index (χ0n) is 8.63. The Labute approximate surface area is 94.2 Å². The molecule has 0 spiro atoms. The van der Waals surface area contributed by atoms with Gasteiger partial charge >= 0.3 is 0 Å². The zero-order valence-corrected chi connectivity index (χ0v) is 9.38. The van der Waals surface area contributed by atoms with Crippen molar-refractivity contribution in [2.75, 3.05) is 0 Å². The molecule has 0 N–H and O–H groups in total. The first-order chi connectivity index (χ1) is 7.19. The molecular formula is C12H13ClO2. The lowest BCUT2D eigenvalue weighted by molar-refractivity contribution is -0.129. The van der Waals surface area contributed by atoms with E-state index in [1.165, 1.54) is 0 Å². The molecule has 1 fully saturated rings. The summed E-state index contributed by atoms with van der Waals surface area (Å²) in [6.45, 7) is 2.05. The molecular weight excluding hydrogens is 212 g/mol. The van der Waals surface area contributed by atoms with Gasteiger partial charge in [-0.05, 0) is 30.2 Å². The van der Waals surface area contributed by atoms with Crippen LogP contribution >= 0.6 is 11.6 Å². The summed E-state index contributed by atoms with van der Waals surface area (Å²) in [4.78, 5) is 10.8. The number of hydrogen-bond acceptors (Lipinski definition) is 2. The predicted molar refractivity (Wildman–Crippen MR) is 59.5 cm³/mol. The first-order valence-electron chi connectivity index (χ1n) is 5.16. The standard InChI is InChI=1S/C12H13ClO2/c1-2-8-5-10(3-4-12(8)13)15-11-6-9(14)7-11/h3-5,11H,2,6-7H2,1H3. The topological polar surface area (TPSA) is 26.3 Å². The molecule has 2 rings (SSSR count). The second-order valence-electron chi connectivity index (χ2n) is 3.79. The molecule has 0 atom stereocenters. The summed E-state index contributed by atoms with van der Waals surface area (Å²) in [5, 5.41) is 0.773. The molecule has 1 aliphatic rings. The molecule has 0 unspecified atom stereocenters. The third kappa shape index (κ3) is 2.32. The van der Waals surface area contributed by atoms with Crippen LogP contribution in [0.1, 0.15) is 25.3 Å². The molecule has 0 radical (unpaired) electrons. The maximum atomic E-state index is 10.8. The average molecular weight is 225 g/mol. The van der Waals surface area contributed by atoms with E-state index in [9.17, 15) is 4.79 Å². The number of halogens is 1. The fourth-order valence-corrected chi connectivity index (χ4v) is 1.87. The number of rotatable bonds is 3. The van der Waals surface area contributed by atoms with Gasteiger partial charge in [0.15, 0.2) is 0 Å². The van der Waals surface area contributed by atoms with E-state index in [0.717, 1.165) is 22.8 Å². The molecule has 0 saturated heterocycles. The van der Waals surface area contributed by atoms with E-state index in [2.05, 4.69) is 6.92 Å². The first-order valence-corrected chi connectivity index (χ1v) is 5.53. The van der Waals surface area contributed by atoms with Crippen LogP contribution in [0, 0.1) is 0 Å². The third-order valence-electron chi connectivity index (χ3n) is 2.61. The van der Waals surface area contributed by atoms with Gasteiger partial charge in [0.2, 0.25) is 0 Å². The quantitative estimate of drug-likeness (QED) is 0.789. The second kappa shape index (κ2) is 4.23. The molecule has 1 aromatic carbocycles. The van der Waals surface area contributed by atoms with Gasteiger partial charge in [-0.25, -0.2) is 0 Å². The molecule has 0 amide bonds. The summed E-state index contributed by atoms with van der Waals surface area (Å²) in [6.07, 6.45) is 2.05. The molecule has 1 saturated carbocycles. The van der Waals surface area contributed by atoms with Gasteiger partial charge in [-0.15, -0.1) is 0 Å². The summed E-state index contributed by atoms with van der Waals surface area (Å²) in [6, 6.07) is 5.64. The smallest absolute Gasteiger partial charge is 0.140 e. The number of aryl methyl sites for hydroxylation is 1. The van der Waals surface area contributed by atoms with Crippen LogP contribution in [-0.2, 0) is 11.2 Å². The van der Waals surface area contributed by atoms with Crippen molar-refractivity contribution in [2.45, 2.75) is 32.3 Å². The molecule has 80 valence electrons. The van der Waals surface area contributed by atoms with Gasteiger partial charge < -0.3 is 4.74 Å². The highest BCUT2D eigenvalue weighted by molar-refractivity contribution is 6.31. The molecule has 0 aromatic heterocycles. The lowest BCUT2D eigenvalue weighted by Crippen LogP contribution is -2.33. The molecule has 0 heterocycles. The Balaban J connectivity index is 2.05.